The lowest BCUT2D eigenvalue weighted by atomic mass is 9.85. The first-order valence-corrected chi connectivity index (χ1v) is 12.3. The Bertz CT molecular complexity index is 954. The Hall–Kier alpha value is -3.16. The average Bonchev–Trinajstić information content (AvgIpc) is 3.06. The second kappa shape index (κ2) is 11.1. The van der Waals surface area contributed by atoms with E-state index in [-0.39, 0.29) is 55.0 Å². The Morgan fingerprint density at radius 2 is 1.66 bits per heavy atom. The lowest BCUT2D eigenvalue weighted by Crippen LogP contribution is -2.53. The molecule has 8 nitrogen and oxygen atoms in total. The highest BCUT2D eigenvalue weighted by Gasteiger charge is 2.47. The maximum atomic E-state index is 13.5. The lowest BCUT2D eigenvalue weighted by Gasteiger charge is -2.33. The molecule has 1 aliphatic heterocycles. The van der Waals surface area contributed by atoms with Gasteiger partial charge in [0.05, 0.1) is 18.9 Å². The van der Waals surface area contributed by atoms with Gasteiger partial charge < -0.3 is 15.0 Å². The van der Waals surface area contributed by atoms with Crippen LogP contribution in [0.1, 0.15) is 58.9 Å². The number of likely N-dealkylation sites (tertiary alicyclic amines) is 1. The highest BCUT2D eigenvalue weighted by Crippen LogP contribution is 2.35. The van der Waals surface area contributed by atoms with E-state index in [0.717, 1.165) is 5.56 Å². The van der Waals surface area contributed by atoms with Gasteiger partial charge in [0.2, 0.25) is 23.6 Å². The molecule has 1 heterocycles. The molecule has 35 heavy (non-hydrogen) atoms. The molecule has 0 aromatic heterocycles. The van der Waals surface area contributed by atoms with Crippen molar-refractivity contribution >= 4 is 23.6 Å². The molecule has 1 aromatic carbocycles. The largest absolute Gasteiger partial charge is 0.497 e. The summed E-state index contributed by atoms with van der Waals surface area (Å²) in [6, 6.07) is 6.66. The fourth-order valence-electron chi connectivity index (χ4n) is 4.74. The third kappa shape index (κ3) is 6.29. The number of benzene rings is 1. The molecule has 1 aliphatic carbocycles. The molecule has 0 saturated carbocycles. The number of nitrogens with zero attached hydrogens (tertiary/aromatic N) is 2. The molecule has 1 saturated heterocycles. The molecule has 4 amide bonds. The van der Waals surface area contributed by atoms with E-state index in [1.165, 1.54) is 4.90 Å². The molecule has 0 unspecified atom stereocenters. The summed E-state index contributed by atoms with van der Waals surface area (Å²) in [7, 11) is 1.59. The summed E-state index contributed by atoms with van der Waals surface area (Å²) >= 11 is 0. The van der Waals surface area contributed by atoms with Gasteiger partial charge in [-0.1, -0.05) is 31.2 Å². The van der Waals surface area contributed by atoms with E-state index in [1.54, 1.807) is 12.0 Å². The van der Waals surface area contributed by atoms with Gasteiger partial charge >= 0.3 is 0 Å². The second-order valence-corrected chi connectivity index (χ2v) is 10.3. The predicted molar refractivity (Wildman–Crippen MR) is 132 cm³/mol. The zero-order chi connectivity index (χ0) is 25.8. The summed E-state index contributed by atoms with van der Waals surface area (Å²) < 4.78 is 5.22. The average molecular weight is 484 g/mol. The molecular formula is C27H37N3O5. The molecule has 190 valence electrons. The van der Waals surface area contributed by atoms with Crippen LogP contribution in [0.3, 0.4) is 0 Å². The maximum Gasteiger partial charge on any atom is 0.243 e. The topological polar surface area (TPSA) is 96.0 Å². The van der Waals surface area contributed by atoms with Crippen molar-refractivity contribution < 1.29 is 23.9 Å². The van der Waals surface area contributed by atoms with Crippen LogP contribution in [-0.4, -0.2) is 58.7 Å². The van der Waals surface area contributed by atoms with Crippen LogP contribution in [0.5, 0.6) is 5.75 Å². The minimum atomic E-state index is -0.680. The first kappa shape index (κ1) is 26.4. The van der Waals surface area contributed by atoms with Gasteiger partial charge in [-0.05, 0) is 57.7 Å². The van der Waals surface area contributed by atoms with E-state index < -0.39 is 11.6 Å². The van der Waals surface area contributed by atoms with Crippen LogP contribution in [-0.2, 0) is 25.7 Å². The summed E-state index contributed by atoms with van der Waals surface area (Å²) in [5.41, 5.74) is 0.407. The molecule has 0 radical (unpaired) electrons. The molecule has 1 fully saturated rings. The Morgan fingerprint density at radius 1 is 1.09 bits per heavy atom. The third-order valence-corrected chi connectivity index (χ3v) is 6.54. The zero-order valence-electron chi connectivity index (χ0n) is 21.4. The van der Waals surface area contributed by atoms with E-state index in [1.807, 2.05) is 64.1 Å². The van der Waals surface area contributed by atoms with E-state index in [9.17, 15) is 19.2 Å². The molecule has 1 aromatic rings. The number of allylic oxidation sites excluding steroid dienone is 2. The van der Waals surface area contributed by atoms with E-state index in [0.29, 0.717) is 25.0 Å². The number of amides is 4. The highest BCUT2D eigenvalue weighted by molar-refractivity contribution is 6.05. The second-order valence-electron chi connectivity index (χ2n) is 10.3. The number of ether oxygens (including phenoxy) is 1. The highest BCUT2D eigenvalue weighted by atomic mass is 16.5. The standard InChI is InChI=1S/C27H37N3O5/c1-6-22(24(32)28-27(2,3)4)30(17-18-11-13-19(35-5)14-12-18)23(31)15-16-29-25(33)20-9-7-8-10-21(20)26(29)34/h7-8,11-14,20-22H,6,9-10,15-17H2,1-5H3,(H,28,32)/t20-,21+,22-/m1/s1. The number of fused-ring (bicyclic) bond motifs is 1. The van der Waals surface area contributed by atoms with Crippen LogP contribution >= 0.6 is 0 Å². The van der Waals surface area contributed by atoms with Gasteiger partial charge in [0, 0.05) is 25.0 Å². The summed E-state index contributed by atoms with van der Waals surface area (Å²) in [5.74, 6) is -0.838. The number of hydrogen-bond donors (Lipinski definition) is 1. The lowest BCUT2D eigenvalue weighted by molar-refractivity contribution is -0.144. The number of imide groups is 1. The Kier molecular flexibility index (Phi) is 8.35. The van der Waals surface area contributed by atoms with Crippen LogP contribution < -0.4 is 10.1 Å². The Balaban J connectivity index is 1.77. The van der Waals surface area contributed by atoms with Crippen molar-refractivity contribution in [1.82, 2.24) is 15.1 Å². The summed E-state index contributed by atoms with van der Waals surface area (Å²) in [6.07, 6.45) is 5.41. The fourth-order valence-corrected chi connectivity index (χ4v) is 4.74. The molecular weight excluding hydrogens is 446 g/mol. The van der Waals surface area contributed by atoms with Gasteiger partial charge in [-0.2, -0.15) is 0 Å². The molecule has 2 aliphatic rings. The molecule has 3 rings (SSSR count). The van der Waals surface area contributed by atoms with Crippen molar-refractivity contribution in [2.45, 2.75) is 71.5 Å². The molecule has 0 bridgehead atoms. The number of hydrogen-bond acceptors (Lipinski definition) is 5. The van der Waals surface area contributed by atoms with Gasteiger partial charge in [0.15, 0.2) is 0 Å². The van der Waals surface area contributed by atoms with Crippen LogP contribution in [0.2, 0.25) is 0 Å². The van der Waals surface area contributed by atoms with Crippen molar-refractivity contribution in [2.24, 2.45) is 11.8 Å². The Morgan fingerprint density at radius 3 is 2.14 bits per heavy atom. The quantitative estimate of drug-likeness (QED) is 0.430. The number of carbonyl (C=O) groups excluding carboxylic acids is 4. The van der Waals surface area contributed by atoms with Gasteiger partial charge in [0.25, 0.3) is 0 Å². The molecule has 3 atom stereocenters. The smallest absolute Gasteiger partial charge is 0.243 e. The van der Waals surface area contributed by atoms with Gasteiger partial charge in [-0.15, -0.1) is 0 Å². The first-order chi connectivity index (χ1) is 16.6. The van der Waals surface area contributed by atoms with Crippen LogP contribution in [0.4, 0.5) is 0 Å². The summed E-state index contributed by atoms with van der Waals surface area (Å²) in [6.45, 7) is 7.81. The monoisotopic (exact) mass is 483 g/mol. The van der Waals surface area contributed by atoms with E-state index in [4.69, 9.17) is 4.74 Å². The number of nitrogens with one attached hydrogen (secondary N) is 1. The van der Waals surface area contributed by atoms with Crippen molar-refractivity contribution in [2.75, 3.05) is 13.7 Å². The SMILES string of the molecule is CC[C@H](C(=O)NC(C)(C)C)N(Cc1ccc(OC)cc1)C(=O)CCN1C(=O)[C@H]2CC=CC[C@H]2C1=O. The minimum Gasteiger partial charge on any atom is -0.497 e. The molecule has 8 heteroatoms. The summed E-state index contributed by atoms with van der Waals surface area (Å²) in [5, 5.41) is 2.98. The van der Waals surface area contributed by atoms with E-state index in [2.05, 4.69) is 5.32 Å². The number of rotatable bonds is 9. The van der Waals surface area contributed by atoms with Crippen LogP contribution in [0.15, 0.2) is 36.4 Å². The summed E-state index contributed by atoms with van der Waals surface area (Å²) in [4.78, 5) is 55.0. The molecule has 1 N–H and O–H groups in total. The number of methoxy groups -OCH3 is 1. The van der Waals surface area contributed by atoms with Crippen LogP contribution in [0, 0.1) is 11.8 Å². The van der Waals surface area contributed by atoms with Crippen molar-refractivity contribution in [3.05, 3.63) is 42.0 Å². The van der Waals surface area contributed by atoms with Gasteiger partial charge in [0.1, 0.15) is 11.8 Å². The maximum absolute atomic E-state index is 13.5. The van der Waals surface area contributed by atoms with Gasteiger partial charge in [-0.25, -0.2) is 0 Å². The third-order valence-electron chi connectivity index (χ3n) is 6.54. The number of carbonyl (C=O) groups is 4. The minimum absolute atomic E-state index is 0.0277. The molecule has 0 spiro atoms. The predicted octanol–water partition coefficient (Wildman–Crippen LogP) is 3.06. The van der Waals surface area contributed by atoms with Crippen LogP contribution in [0.25, 0.3) is 0 Å². The fraction of sp³-hybridized carbons (Fsp3) is 0.556. The van der Waals surface area contributed by atoms with Crippen molar-refractivity contribution in [3.8, 4) is 5.75 Å². The van der Waals surface area contributed by atoms with Crippen molar-refractivity contribution in [3.63, 3.8) is 0 Å². The van der Waals surface area contributed by atoms with E-state index >= 15 is 0 Å². The normalized spacial score (nSPS) is 20.4. The first-order valence-electron chi connectivity index (χ1n) is 12.3. The van der Waals surface area contributed by atoms with Crippen molar-refractivity contribution in [1.29, 1.82) is 0 Å². The zero-order valence-corrected chi connectivity index (χ0v) is 21.4. The van der Waals surface area contributed by atoms with Gasteiger partial charge in [-0.3, -0.25) is 24.1 Å². The Labute approximate surface area is 207 Å².